The van der Waals surface area contributed by atoms with Crippen molar-refractivity contribution in [2.24, 2.45) is 0 Å². The first-order valence-corrected chi connectivity index (χ1v) is 8.13. The van der Waals surface area contributed by atoms with Gasteiger partial charge in [-0.3, -0.25) is 0 Å². The molecule has 1 unspecified atom stereocenters. The largest absolute Gasteiger partial charge is 0.467 e. The predicted octanol–water partition coefficient (Wildman–Crippen LogP) is 6.10. The van der Waals surface area contributed by atoms with Crippen LogP contribution in [0.15, 0.2) is 57.6 Å². The molecule has 21 heavy (non-hydrogen) atoms. The highest BCUT2D eigenvalue weighted by molar-refractivity contribution is 9.10. The Hall–Kier alpha value is -1.30. The van der Waals surface area contributed by atoms with Crippen molar-refractivity contribution in [3.05, 3.63) is 74.0 Å². The molecule has 0 amide bonds. The summed E-state index contributed by atoms with van der Waals surface area (Å²) in [6, 6.07) is 11.9. The standard InChI is InChI=1S/C15H10BrClFNOS/c16-9-3-1-4-10(18)14(9)19-15(11-5-2-8-20-11)12-6-7-13(17)21-12/h1-8,15,19H. The maximum atomic E-state index is 14.0. The molecule has 0 radical (unpaired) electrons. The summed E-state index contributed by atoms with van der Waals surface area (Å²) >= 11 is 10.8. The second-order valence-corrected chi connectivity index (χ2v) is 6.93. The molecule has 3 rings (SSSR count). The van der Waals surface area contributed by atoms with Crippen LogP contribution in [-0.4, -0.2) is 0 Å². The number of nitrogens with one attached hydrogen (secondary N) is 1. The summed E-state index contributed by atoms with van der Waals surface area (Å²) in [4.78, 5) is 0.949. The fraction of sp³-hybridized carbons (Fsp3) is 0.0667. The molecule has 0 fully saturated rings. The van der Waals surface area contributed by atoms with Gasteiger partial charge in [-0.1, -0.05) is 17.7 Å². The molecule has 6 heteroatoms. The minimum Gasteiger partial charge on any atom is -0.467 e. The van der Waals surface area contributed by atoms with E-state index in [1.165, 1.54) is 17.4 Å². The molecule has 0 spiro atoms. The fourth-order valence-electron chi connectivity index (χ4n) is 2.00. The van der Waals surface area contributed by atoms with Gasteiger partial charge in [-0.25, -0.2) is 4.39 Å². The van der Waals surface area contributed by atoms with Crippen molar-refractivity contribution in [3.8, 4) is 0 Å². The second kappa shape index (κ2) is 6.22. The molecule has 1 N–H and O–H groups in total. The second-order valence-electron chi connectivity index (χ2n) is 4.33. The van der Waals surface area contributed by atoms with Gasteiger partial charge in [-0.05, 0) is 52.3 Å². The van der Waals surface area contributed by atoms with Gasteiger partial charge < -0.3 is 9.73 Å². The minimum atomic E-state index is -0.330. The van der Waals surface area contributed by atoms with Crippen LogP contribution in [0, 0.1) is 5.82 Å². The van der Waals surface area contributed by atoms with Gasteiger partial charge in [0.15, 0.2) is 0 Å². The van der Waals surface area contributed by atoms with E-state index in [2.05, 4.69) is 21.2 Å². The Kier molecular flexibility index (Phi) is 4.33. The van der Waals surface area contributed by atoms with Crippen molar-refractivity contribution in [3.63, 3.8) is 0 Å². The van der Waals surface area contributed by atoms with Crippen LogP contribution >= 0.6 is 38.9 Å². The lowest BCUT2D eigenvalue weighted by Gasteiger charge is -2.18. The smallest absolute Gasteiger partial charge is 0.147 e. The highest BCUT2D eigenvalue weighted by Crippen LogP contribution is 2.36. The van der Waals surface area contributed by atoms with Gasteiger partial charge in [-0.2, -0.15) is 0 Å². The molecular formula is C15H10BrClFNOS. The van der Waals surface area contributed by atoms with Crippen LogP contribution in [0.25, 0.3) is 0 Å². The van der Waals surface area contributed by atoms with E-state index in [9.17, 15) is 4.39 Å². The third-order valence-corrected chi connectivity index (χ3v) is 4.91. The normalized spacial score (nSPS) is 12.3. The van der Waals surface area contributed by atoms with Gasteiger partial charge in [0.1, 0.15) is 17.6 Å². The van der Waals surface area contributed by atoms with Gasteiger partial charge >= 0.3 is 0 Å². The first-order valence-electron chi connectivity index (χ1n) is 6.14. The quantitative estimate of drug-likeness (QED) is 0.586. The maximum absolute atomic E-state index is 14.0. The van der Waals surface area contributed by atoms with E-state index in [0.29, 0.717) is 20.3 Å². The number of benzene rings is 1. The zero-order valence-corrected chi connectivity index (χ0v) is 13.8. The number of halogens is 3. The minimum absolute atomic E-state index is 0.300. The summed E-state index contributed by atoms with van der Waals surface area (Å²) in [5.74, 6) is 0.368. The third kappa shape index (κ3) is 3.15. The molecule has 0 saturated carbocycles. The van der Waals surface area contributed by atoms with Crippen LogP contribution < -0.4 is 5.32 Å². The van der Waals surface area contributed by atoms with Crippen molar-refractivity contribution in [2.45, 2.75) is 6.04 Å². The number of para-hydroxylation sites is 1. The van der Waals surface area contributed by atoms with Gasteiger partial charge in [-0.15, -0.1) is 11.3 Å². The van der Waals surface area contributed by atoms with Crippen molar-refractivity contribution >= 4 is 44.6 Å². The van der Waals surface area contributed by atoms with Crippen LogP contribution in [0.3, 0.4) is 0 Å². The van der Waals surface area contributed by atoms with Crippen LogP contribution in [0.2, 0.25) is 4.34 Å². The van der Waals surface area contributed by atoms with E-state index in [0.717, 1.165) is 4.88 Å². The van der Waals surface area contributed by atoms with E-state index in [1.54, 1.807) is 24.5 Å². The molecule has 2 nitrogen and oxygen atoms in total. The molecule has 0 aliphatic carbocycles. The highest BCUT2D eigenvalue weighted by Gasteiger charge is 2.21. The van der Waals surface area contributed by atoms with Crippen LogP contribution in [0.4, 0.5) is 10.1 Å². The number of thiophene rings is 1. The number of furan rings is 1. The van der Waals surface area contributed by atoms with Crippen molar-refractivity contribution < 1.29 is 8.81 Å². The average molecular weight is 387 g/mol. The molecule has 0 bridgehead atoms. The lowest BCUT2D eigenvalue weighted by atomic mass is 10.1. The molecule has 1 atom stereocenters. The topological polar surface area (TPSA) is 25.2 Å². The molecule has 108 valence electrons. The number of rotatable bonds is 4. The summed E-state index contributed by atoms with van der Waals surface area (Å²) < 4.78 is 20.8. The first kappa shape index (κ1) is 14.6. The molecule has 3 aromatic rings. The molecule has 2 aromatic heterocycles. The monoisotopic (exact) mass is 385 g/mol. The van der Waals surface area contributed by atoms with E-state index in [1.807, 2.05) is 18.2 Å². The Morgan fingerprint density at radius 3 is 2.67 bits per heavy atom. The summed E-state index contributed by atoms with van der Waals surface area (Å²) in [5.41, 5.74) is 0.392. The van der Waals surface area contributed by atoms with Gasteiger partial charge in [0.25, 0.3) is 0 Å². The Morgan fingerprint density at radius 1 is 1.19 bits per heavy atom. The Balaban J connectivity index is 2.01. The predicted molar refractivity (Wildman–Crippen MR) is 87.6 cm³/mol. The van der Waals surface area contributed by atoms with Crippen molar-refractivity contribution in [2.75, 3.05) is 5.32 Å². The molecule has 0 aliphatic rings. The number of hydrogen-bond donors (Lipinski definition) is 1. The van der Waals surface area contributed by atoms with Gasteiger partial charge in [0, 0.05) is 9.35 Å². The summed E-state index contributed by atoms with van der Waals surface area (Å²) in [5, 5.41) is 3.18. The van der Waals surface area contributed by atoms with Crippen LogP contribution in [-0.2, 0) is 0 Å². The lowest BCUT2D eigenvalue weighted by Crippen LogP contribution is -2.11. The SMILES string of the molecule is Fc1cccc(Br)c1NC(c1ccco1)c1ccc(Cl)s1. The Bertz CT molecular complexity index is 724. The summed E-state index contributed by atoms with van der Waals surface area (Å²) in [7, 11) is 0. The molecule has 0 aliphatic heterocycles. The Labute approximate surface area is 138 Å². The third-order valence-electron chi connectivity index (χ3n) is 2.96. The zero-order chi connectivity index (χ0) is 14.8. The lowest BCUT2D eigenvalue weighted by molar-refractivity contribution is 0.499. The van der Waals surface area contributed by atoms with E-state index < -0.39 is 0 Å². The van der Waals surface area contributed by atoms with Gasteiger partial charge in [0.2, 0.25) is 0 Å². The van der Waals surface area contributed by atoms with Crippen molar-refractivity contribution in [1.29, 1.82) is 0 Å². The summed E-state index contributed by atoms with van der Waals surface area (Å²) in [6.45, 7) is 0. The fourth-order valence-corrected chi connectivity index (χ4v) is 3.58. The molecule has 2 heterocycles. The molecular weight excluding hydrogens is 377 g/mol. The van der Waals surface area contributed by atoms with Crippen LogP contribution in [0.1, 0.15) is 16.7 Å². The van der Waals surface area contributed by atoms with Crippen molar-refractivity contribution in [1.82, 2.24) is 0 Å². The Morgan fingerprint density at radius 2 is 2.05 bits per heavy atom. The van der Waals surface area contributed by atoms with Gasteiger partial charge in [0.05, 0.1) is 16.3 Å². The van der Waals surface area contributed by atoms with Crippen LogP contribution in [0.5, 0.6) is 0 Å². The maximum Gasteiger partial charge on any atom is 0.147 e. The number of anilines is 1. The zero-order valence-electron chi connectivity index (χ0n) is 10.6. The molecule has 0 saturated heterocycles. The van der Waals surface area contributed by atoms with E-state index in [-0.39, 0.29) is 11.9 Å². The highest BCUT2D eigenvalue weighted by atomic mass is 79.9. The van der Waals surface area contributed by atoms with E-state index >= 15 is 0 Å². The summed E-state index contributed by atoms with van der Waals surface area (Å²) in [6.07, 6.45) is 1.59. The molecule has 1 aromatic carbocycles. The van der Waals surface area contributed by atoms with E-state index in [4.69, 9.17) is 16.0 Å². The first-order chi connectivity index (χ1) is 10.1. The number of hydrogen-bond acceptors (Lipinski definition) is 3. The average Bonchev–Trinajstić information content (AvgIpc) is 3.10.